The van der Waals surface area contributed by atoms with Crippen LogP contribution >= 0.6 is 39.5 Å². The number of halogens is 2. The molecule has 1 aromatic carbocycles. The number of hydrogen-bond acceptors (Lipinski definition) is 3. The van der Waals surface area contributed by atoms with E-state index in [2.05, 4.69) is 25.9 Å². The van der Waals surface area contributed by atoms with Crippen LogP contribution in [0.5, 0.6) is 0 Å². The molecule has 0 saturated carbocycles. The number of benzene rings is 1. The van der Waals surface area contributed by atoms with Gasteiger partial charge in [-0.3, -0.25) is 0 Å². The summed E-state index contributed by atoms with van der Waals surface area (Å²) >= 11 is 10.1. The second-order valence-corrected chi connectivity index (χ2v) is 6.46. The van der Waals surface area contributed by atoms with E-state index in [4.69, 9.17) is 12.2 Å². The highest BCUT2D eigenvalue weighted by Gasteiger charge is 2.10. The molecular weight excluding hydrogens is 349 g/mol. The number of nitrogens with zero attached hydrogens (tertiary/aromatic N) is 2. The molecule has 0 aliphatic carbocycles. The average Bonchev–Trinajstić information content (AvgIpc) is 2.87. The Kier molecular flexibility index (Phi) is 3.28. The van der Waals surface area contributed by atoms with Crippen molar-refractivity contribution in [2.75, 3.05) is 0 Å². The minimum Gasteiger partial charge on any atom is -0.330 e. The molecule has 0 radical (unpaired) electrons. The molecule has 0 unspecified atom stereocenters. The van der Waals surface area contributed by atoms with Crippen LogP contribution in [0.2, 0.25) is 0 Å². The topological polar surface area (TPSA) is 33.6 Å². The minimum atomic E-state index is -0.305. The molecule has 0 spiro atoms. The summed E-state index contributed by atoms with van der Waals surface area (Å²) in [5.41, 5.74) is 2.52. The minimum absolute atomic E-state index is 0.305. The van der Waals surface area contributed by atoms with Crippen molar-refractivity contribution in [1.29, 1.82) is 0 Å². The van der Waals surface area contributed by atoms with Crippen LogP contribution in [0.3, 0.4) is 0 Å². The van der Waals surface area contributed by atoms with Crippen molar-refractivity contribution in [3.8, 4) is 0 Å². The Labute approximate surface area is 126 Å². The van der Waals surface area contributed by atoms with Gasteiger partial charge in [0.05, 0.1) is 32.8 Å². The van der Waals surface area contributed by atoms with Crippen LogP contribution < -0.4 is 0 Å². The molecule has 1 N–H and O–H groups in total. The smallest absolute Gasteiger partial charge is 0.178 e. The Morgan fingerprint density at radius 2 is 2.32 bits per heavy atom. The lowest BCUT2D eigenvalue weighted by molar-refractivity contribution is 0.622. The lowest BCUT2D eigenvalue weighted by atomic mass is 10.3. The lowest BCUT2D eigenvalue weighted by Gasteiger charge is -2.02. The molecule has 7 heteroatoms. The molecule has 3 nitrogen and oxygen atoms in total. The summed E-state index contributed by atoms with van der Waals surface area (Å²) in [5, 5.41) is 3.03. The molecule has 0 saturated heterocycles. The standard InChI is InChI=1S/C12H9BrFN3S2/c1-6-15-7(5-19-6)4-17-11-2-8(13)9(14)3-10(11)16-12(17)18/h2-3,5H,4H2,1H3,(H,16,18). The molecule has 3 rings (SSSR count). The van der Waals surface area contributed by atoms with Gasteiger partial charge < -0.3 is 9.55 Å². The summed E-state index contributed by atoms with van der Waals surface area (Å²) in [4.78, 5) is 7.44. The summed E-state index contributed by atoms with van der Waals surface area (Å²) < 4.78 is 16.4. The molecule has 0 atom stereocenters. The van der Waals surface area contributed by atoms with Crippen molar-refractivity contribution in [1.82, 2.24) is 14.5 Å². The fourth-order valence-corrected chi connectivity index (χ4v) is 3.16. The van der Waals surface area contributed by atoms with Crippen LogP contribution in [0.4, 0.5) is 4.39 Å². The highest BCUT2D eigenvalue weighted by molar-refractivity contribution is 9.10. The molecule has 2 aromatic heterocycles. The van der Waals surface area contributed by atoms with Gasteiger partial charge in [0.2, 0.25) is 0 Å². The summed E-state index contributed by atoms with van der Waals surface area (Å²) in [7, 11) is 0. The van der Waals surface area contributed by atoms with Gasteiger partial charge in [0, 0.05) is 11.4 Å². The van der Waals surface area contributed by atoms with Gasteiger partial charge in [0.1, 0.15) is 5.82 Å². The third-order valence-corrected chi connectivity index (χ3v) is 4.56. The first-order chi connectivity index (χ1) is 9.04. The van der Waals surface area contributed by atoms with E-state index in [1.807, 2.05) is 16.9 Å². The number of H-pyrrole nitrogens is 1. The van der Waals surface area contributed by atoms with Crippen molar-refractivity contribution < 1.29 is 4.39 Å². The van der Waals surface area contributed by atoms with Crippen LogP contribution in [-0.4, -0.2) is 14.5 Å². The monoisotopic (exact) mass is 357 g/mol. The van der Waals surface area contributed by atoms with Gasteiger partial charge in [-0.25, -0.2) is 9.37 Å². The molecule has 0 aliphatic heterocycles. The van der Waals surface area contributed by atoms with E-state index in [1.165, 1.54) is 6.07 Å². The summed E-state index contributed by atoms with van der Waals surface area (Å²) in [6, 6.07) is 3.17. The number of fused-ring (bicyclic) bond motifs is 1. The van der Waals surface area contributed by atoms with Gasteiger partial charge >= 0.3 is 0 Å². The first-order valence-corrected chi connectivity index (χ1v) is 7.61. The van der Waals surface area contributed by atoms with E-state index in [1.54, 1.807) is 17.4 Å². The second kappa shape index (κ2) is 4.81. The Balaban J connectivity index is 2.15. The van der Waals surface area contributed by atoms with E-state index in [0.29, 0.717) is 21.3 Å². The zero-order valence-corrected chi connectivity index (χ0v) is 13.1. The number of nitrogens with one attached hydrogen (secondary N) is 1. The first-order valence-electron chi connectivity index (χ1n) is 5.53. The molecule has 3 aromatic rings. The van der Waals surface area contributed by atoms with Gasteiger partial charge in [0.25, 0.3) is 0 Å². The molecule has 2 heterocycles. The quantitative estimate of drug-likeness (QED) is 0.689. The number of thiazole rings is 1. The van der Waals surface area contributed by atoms with E-state index >= 15 is 0 Å². The van der Waals surface area contributed by atoms with E-state index in [-0.39, 0.29) is 5.82 Å². The van der Waals surface area contributed by atoms with Gasteiger partial charge in [-0.05, 0) is 41.1 Å². The fourth-order valence-electron chi connectivity index (χ4n) is 1.95. The molecule has 98 valence electrons. The van der Waals surface area contributed by atoms with Crippen molar-refractivity contribution >= 4 is 50.5 Å². The maximum Gasteiger partial charge on any atom is 0.178 e. The summed E-state index contributed by atoms with van der Waals surface area (Å²) in [5.74, 6) is -0.305. The van der Waals surface area contributed by atoms with Gasteiger partial charge in [-0.1, -0.05) is 0 Å². The molecule has 0 aliphatic rings. The number of hydrogen-bond donors (Lipinski definition) is 1. The molecule has 0 amide bonds. The van der Waals surface area contributed by atoms with Crippen LogP contribution in [0, 0.1) is 17.5 Å². The van der Waals surface area contributed by atoms with Crippen LogP contribution in [0.25, 0.3) is 11.0 Å². The first kappa shape index (κ1) is 13.0. The average molecular weight is 358 g/mol. The van der Waals surface area contributed by atoms with Gasteiger partial charge in [-0.15, -0.1) is 11.3 Å². The van der Waals surface area contributed by atoms with E-state index < -0.39 is 0 Å². The normalized spacial score (nSPS) is 11.3. The molecule has 0 bridgehead atoms. The fraction of sp³-hybridized carbons (Fsp3) is 0.167. The maximum absolute atomic E-state index is 13.5. The zero-order valence-electron chi connectivity index (χ0n) is 9.91. The highest BCUT2D eigenvalue weighted by atomic mass is 79.9. The third kappa shape index (κ3) is 2.37. The SMILES string of the molecule is Cc1nc(Cn2c(=S)[nH]c3cc(F)c(Br)cc32)cs1. The second-order valence-electron chi connectivity index (χ2n) is 4.16. The number of rotatable bonds is 2. The zero-order chi connectivity index (χ0) is 13.6. The molecule has 0 fully saturated rings. The Morgan fingerprint density at radius 3 is 3.00 bits per heavy atom. The van der Waals surface area contributed by atoms with Crippen molar-refractivity contribution in [2.24, 2.45) is 0 Å². The highest BCUT2D eigenvalue weighted by Crippen LogP contribution is 2.24. The van der Waals surface area contributed by atoms with Crippen molar-refractivity contribution in [2.45, 2.75) is 13.5 Å². The summed E-state index contributed by atoms with van der Waals surface area (Å²) in [6.45, 7) is 2.55. The van der Waals surface area contributed by atoms with Crippen molar-refractivity contribution in [3.63, 3.8) is 0 Å². The maximum atomic E-state index is 13.5. The predicted octanol–water partition coefficient (Wildman–Crippen LogP) is 4.41. The predicted molar refractivity (Wildman–Crippen MR) is 80.7 cm³/mol. The van der Waals surface area contributed by atoms with Gasteiger partial charge in [-0.2, -0.15) is 0 Å². The van der Waals surface area contributed by atoms with Gasteiger partial charge in [0.15, 0.2) is 4.77 Å². The Morgan fingerprint density at radius 1 is 1.53 bits per heavy atom. The molecule has 19 heavy (non-hydrogen) atoms. The lowest BCUT2D eigenvalue weighted by Crippen LogP contribution is -2.00. The van der Waals surface area contributed by atoms with Crippen molar-refractivity contribution in [3.05, 3.63) is 43.3 Å². The van der Waals surface area contributed by atoms with E-state index in [9.17, 15) is 4.39 Å². The van der Waals surface area contributed by atoms with Crippen LogP contribution in [0.1, 0.15) is 10.7 Å². The van der Waals surface area contributed by atoms with E-state index in [0.717, 1.165) is 16.2 Å². The summed E-state index contributed by atoms with van der Waals surface area (Å²) in [6.07, 6.45) is 0. The Hall–Kier alpha value is -1.05. The number of aryl methyl sites for hydroxylation is 1. The van der Waals surface area contributed by atoms with Crippen LogP contribution in [0.15, 0.2) is 22.0 Å². The Bertz CT molecular complexity index is 818. The number of aromatic nitrogens is 3. The molecular formula is C12H9BrFN3S2. The number of imidazole rings is 1. The van der Waals surface area contributed by atoms with Crippen LogP contribution in [-0.2, 0) is 6.54 Å². The third-order valence-electron chi connectivity index (χ3n) is 2.80. The number of aromatic amines is 1. The largest absolute Gasteiger partial charge is 0.330 e.